The summed E-state index contributed by atoms with van der Waals surface area (Å²) in [5.74, 6) is 0. The van der Waals surface area contributed by atoms with E-state index in [2.05, 4.69) is 5.32 Å². The third-order valence-electron chi connectivity index (χ3n) is 2.64. The van der Waals surface area contributed by atoms with Gasteiger partial charge in [-0.3, -0.25) is 4.79 Å². The summed E-state index contributed by atoms with van der Waals surface area (Å²) in [5.41, 5.74) is -1.36. The Labute approximate surface area is 96.7 Å². The number of nitrogens with one attached hydrogen (secondary N) is 1. The average Bonchev–Trinajstić information content (AvgIpc) is 2.16. The highest BCUT2D eigenvalue weighted by molar-refractivity contribution is 5.77. The van der Waals surface area contributed by atoms with Crippen molar-refractivity contribution in [3.8, 4) is 0 Å². The number of hydrogen-bond acceptors (Lipinski definition) is 3. The molecule has 1 rings (SSSR count). The predicted molar refractivity (Wildman–Crippen MR) is 60.9 cm³/mol. The molecule has 0 aliphatic heterocycles. The summed E-state index contributed by atoms with van der Waals surface area (Å²) in [6, 6.07) is 0. The monoisotopic (exact) mass is 226 g/mol. The van der Waals surface area contributed by atoms with Crippen LogP contribution in [0.4, 0.5) is 4.79 Å². The Morgan fingerprint density at radius 3 is 2.25 bits per heavy atom. The maximum atomic E-state index is 11.6. The lowest BCUT2D eigenvalue weighted by atomic mass is 9.83. The maximum Gasteiger partial charge on any atom is 0.408 e. The first-order chi connectivity index (χ1) is 7.37. The SMILES string of the molecule is CC(C)(C)OC(=O)NC1([C]=O)CCCCC1. The van der Waals surface area contributed by atoms with Crippen molar-refractivity contribution in [1.82, 2.24) is 5.32 Å². The molecule has 0 aromatic heterocycles. The topological polar surface area (TPSA) is 55.4 Å². The first-order valence-corrected chi connectivity index (χ1v) is 5.77. The molecule has 0 atom stereocenters. The number of amides is 1. The molecule has 4 heteroatoms. The second kappa shape index (κ2) is 4.85. The lowest BCUT2D eigenvalue weighted by Crippen LogP contribution is -2.52. The van der Waals surface area contributed by atoms with Crippen LogP contribution < -0.4 is 5.32 Å². The molecule has 0 bridgehead atoms. The molecule has 0 saturated heterocycles. The van der Waals surface area contributed by atoms with Gasteiger partial charge in [-0.05, 0) is 33.6 Å². The summed E-state index contributed by atoms with van der Waals surface area (Å²) >= 11 is 0. The van der Waals surface area contributed by atoms with Crippen molar-refractivity contribution in [3.63, 3.8) is 0 Å². The molecule has 16 heavy (non-hydrogen) atoms. The van der Waals surface area contributed by atoms with Crippen LogP contribution in [0.2, 0.25) is 0 Å². The van der Waals surface area contributed by atoms with Crippen LogP contribution in [0.1, 0.15) is 52.9 Å². The van der Waals surface area contributed by atoms with Gasteiger partial charge in [0.05, 0.1) is 0 Å². The van der Waals surface area contributed by atoms with Crippen LogP contribution in [-0.4, -0.2) is 23.5 Å². The highest BCUT2D eigenvalue weighted by Crippen LogP contribution is 2.26. The molecule has 1 radical (unpaired) electrons. The van der Waals surface area contributed by atoms with Crippen molar-refractivity contribution in [3.05, 3.63) is 0 Å². The minimum atomic E-state index is -0.819. The van der Waals surface area contributed by atoms with E-state index in [4.69, 9.17) is 4.74 Å². The molecule has 91 valence electrons. The fraction of sp³-hybridized carbons (Fsp3) is 0.833. The number of rotatable bonds is 2. The van der Waals surface area contributed by atoms with Crippen LogP contribution in [0.5, 0.6) is 0 Å². The lowest BCUT2D eigenvalue weighted by molar-refractivity contribution is 0.0466. The molecule has 1 fully saturated rings. The molecule has 0 spiro atoms. The summed E-state index contributed by atoms with van der Waals surface area (Å²) in [6.45, 7) is 5.39. The third kappa shape index (κ3) is 3.83. The van der Waals surface area contributed by atoms with Gasteiger partial charge in [0, 0.05) is 0 Å². The molecule has 1 aliphatic rings. The van der Waals surface area contributed by atoms with Crippen molar-refractivity contribution in [2.45, 2.75) is 64.0 Å². The number of hydrogen-bond donors (Lipinski definition) is 1. The third-order valence-corrected chi connectivity index (χ3v) is 2.64. The van der Waals surface area contributed by atoms with E-state index in [1.165, 1.54) is 0 Å². The second-order valence-corrected chi connectivity index (χ2v) is 5.37. The molecular formula is C12H20NO3. The zero-order valence-electron chi connectivity index (χ0n) is 10.3. The number of carbonyl (C=O) groups excluding carboxylic acids is 2. The highest BCUT2D eigenvalue weighted by Gasteiger charge is 2.35. The largest absolute Gasteiger partial charge is 0.444 e. The van der Waals surface area contributed by atoms with Crippen molar-refractivity contribution in [2.75, 3.05) is 0 Å². The molecular weight excluding hydrogens is 206 g/mol. The number of alkyl carbamates (subject to hydrolysis) is 1. The molecule has 1 aliphatic carbocycles. The molecule has 1 amide bonds. The van der Waals surface area contributed by atoms with Crippen molar-refractivity contribution in [1.29, 1.82) is 0 Å². The lowest BCUT2D eigenvalue weighted by Gasteiger charge is -2.32. The van der Waals surface area contributed by atoms with Gasteiger partial charge in [-0.25, -0.2) is 4.79 Å². The van der Waals surface area contributed by atoms with E-state index in [0.29, 0.717) is 12.8 Å². The first-order valence-electron chi connectivity index (χ1n) is 5.77. The fourth-order valence-electron chi connectivity index (χ4n) is 1.91. The quantitative estimate of drug-likeness (QED) is 0.786. The van der Waals surface area contributed by atoms with Gasteiger partial charge in [0.2, 0.25) is 6.29 Å². The van der Waals surface area contributed by atoms with E-state index in [-0.39, 0.29) is 0 Å². The van der Waals surface area contributed by atoms with Crippen LogP contribution >= 0.6 is 0 Å². The van der Waals surface area contributed by atoms with E-state index >= 15 is 0 Å². The smallest absolute Gasteiger partial charge is 0.408 e. The van der Waals surface area contributed by atoms with Crippen LogP contribution in [0.3, 0.4) is 0 Å². The summed E-state index contributed by atoms with van der Waals surface area (Å²) in [4.78, 5) is 22.6. The Kier molecular flexibility index (Phi) is 3.94. The molecule has 1 N–H and O–H groups in total. The van der Waals surface area contributed by atoms with Gasteiger partial charge >= 0.3 is 6.09 Å². The Hall–Kier alpha value is -1.06. The minimum Gasteiger partial charge on any atom is -0.444 e. The van der Waals surface area contributed by atoms with Gasteiger partial charge in [0.1, 0.15) is 11.1 Å². The van der Waals surface area contributed by atoms with Crippen LogP contribution in [0.15, 0.2) is 0 Å². The van der Waals surface area contributed by atoms with Crippen LogP contribution in [-0.2, 0) is 9.53 Å². The normalized spacial score (nSPS) is 19.9. The zero-order valence-corrected chi connectivity index (χ0v) is 10.3. The van der Waals surface area contributed by atoms with Gasteiger partial charge in [0.15, 0.2) is 0 Å². The van der Waals surface area contributed by atoms with E-state index in [1.54, 1.807) is 20.8 Å². The minimum absolute atomic E-state index is 0.530. The Morgan fingerprint density at radius 1 is 1.25 bits per heavy atom. The zero-order chi connectivity index (χ0) is 12.2. The highest BCUT2D eigenvalue weighted by atomic mass is 16.6. The molecule has 0 aromatic rings. The molecule has 0 aromatic carbocycles. The standard InChI is InChI=1S/C12H20NO3/c1-11(2,3)16-10(15)13-12(9-14)7-5-4-6-8-12/h4-8H2,1-3H3,(H,13,15). The van der Waals surface area contributed by atoms with E-state index in [0.717, 1.165) is 19.3 Å². The Balaban J connectivity index is 2.56. The summed E-state index contributed by atoms with van der Waals surface area (Å²) in [5, 5.41) is 2.65. The Morgan fingerprint density at radius 2 is 1.81 bits per heavy atom. The molecule has 4 nitrogen and oxygen atoms in total. The molecule has 1 saturated carbocycles. The summed E-state index contributed by atoms with van der Waals surface area (Å²) in [7, 11) is 0. The number of carbonyl (C=O) groups is 1. The maximum absolute atomic E-state index is 11.6. The van der Waals surface area contributed by atoms with Crippen molar-refractivity contribution >= 4 is 12.4 Å². The first kappa shape index (κ1) is 13.0. The van der Waals surface area contributed by atoms with Crippen LogP contribution in [0.25, 0.3) is 0 Å². The predicted octanol–water partition coefficient (Wildman–Crippen LogP) is 2.32. The van der Waals surface area contributed by atoms with E-state index in [1.807, 2.05) is 6.29 Å². The van der Waals surface area contributed by atoms with Crippen LogP contribution in [0, 0.1) is 0 Å². The summed E-state index contributed by atoms with van der Waals surface area (Å²) < 4.78 is 5.14. The molecule has 0 unspecified atom stereocenters. The molecule has 0 heterocycles. The van der Waals surface area contributed by atoms with Gasteiger partial charge in [-0.2, -0.15) is 0 Å². The van der Waals surface area contributed by atoms with Crippen molar-refractivity contribution in [2.24, 2.45) is 0 Å². The number of ether oxygens (including phenoxy) is 1. The van der Waals surface area contributed by atoms with Gasteiger partial charge < -0.3 is 10.1 Å². The summed E-state index contributed by atoms with van der Waals surface area (Å²) in [6.07, 6.45) is 5.78. The fourth-order valence-corrected chi connectivity index (χ4v) is 1.91. The van der Waals surface area contributed by atoms with E-state index < -0.39 is 17.2 Å². The second-order valence-electron chi connectivity index (χ2n) is 5.37. The van der Waals surface area contributed by atoms with Gasteiger partial charge in [-0.15, -0.1) is 0 Å². The van der Waals surface area contributed by atoms with Gasteiger partial charge in [-0.1, -0.05) is 19.3 Å². The Bertz CT molecular complexity index is 262. The van der Waals surface area contributed by atoms with Crippen molar-refractivity contribution < 1.29 is 14.3 Å². The van der Waals surface area contributed by atoms with Gasteiger partial charge in [0.25, 0.3) is 0 Å². The average molecular weight is 226 g/mol. The van der Waals surface area contributed by atoms with E-state index in [9.17, 15) is 9.59 Å².